The zero-order valence-corrected chi connectivity index (χ0v) is 17.3. The van der Waals surface area contributed by atoms with Crippen LogP contribution in [-0.2, 0) is 4.79 Å². The topological polar surface area (TPSA) is 79.5 Å². The van der Waals surface area contributed by atoms with Crippen molar-refractivity contribution in [3.63, 3.8) is 0 Å². The van der Waals surface area contributed by atoms with Gasteiger partial charge < -0.3 is 20.7 Å². The zero-order valence-electron chi connectivity index (χ0n) is 16.5. The number of carbonyl (C=O) groups excluding carboxylic acids is 2. The summed E-state index contributed by atoms with van der Waals surface area (Å²) < 4.78 is 5.13. The molecule has 1 saturated heterocycles. The van der Waals surface area contributed by atoms with E-state index in [0.29, 0.717) is 23.8 Å². The Morgan fingerprint density at radius 3 is 2.48 bits per heavy atom. The standard InChI is InChI=1S/C22H27N3O3.ClH/c1-28-19-11-9-18(10-12-19)21(26)25-20(17-7-3-2-4-8-17)22(27)24-15-16-6-5-13-23-14-16;/h2-4,7-12,16,20,23H,5-6,13-15H2,1H3,(H,24,27)(H,25,26);1H. The SMILES string of the molecule is COc1ccc(C(=O)NC(C(=O)NCC2CCCNC2)c2ccccc2)cc1.Cl. The first-order valence-electron chi connectivity index (χ1n) is 9.65. The number of carbonyl (C=O) groups is 2. The molecule has 0 aromatic heterocycles. The molecule has 0 aliphatic carbocycles. The molecule has 29 heavy (non-hydrogen) atoms. The number of ether oxygens (including phenoxy) is 1. The Bertz CT molecular complexity index is 778. The molecule has 1 aliphatic rings. The van der Waals surface area contributed by atoms with Gasteiger partial charge >= 0.3 is 0 Å². The van der Waals surface area contributed by atoms with Crippen LogP contribution in [-0.4, -0.2) is 38.6 Å². The van der Waals surface area contributed by atoms with Crippen molar-refractivity contribution >= 4 is 24.2 Å². The Labute approximate surface area is 177 Å². The van der Waals surface area contributed by atoms with Crippen LogP contribution in [0.1, 0.15) is 34.8 Å². The lowest BCUT2D eigenvalue weighted by Gasteiger charge is -2.25. The van der Waals surface area contributed by atoms with Gasteiger partial charge in [-0.25, -0.2) is 0 Å². The summed E-state index contributed by atoms with van der Waals surface area (Å²) >= 11 is 0. The highest BCUT2D eigenvalue weighted by atomic mass is 35.5. The van der Waals surface area contributed by atoms with Gasteiger partial charge in [-0.05, 0) is 61.7 Å². The van der Waals surface area contributed by atoms with E-state index in [2.05, 4.69) is 16.0 Å². The Kier molecular flexibility index (Phi) is 8.96. The van der Waals surface area contributed by atoms with Crippen LogP contribution in [0, 0.1) is 5.92 Å². The molecule has 0 saturated carbocycles. The number of rotatable bonds is 7. The lowest BCUT2D eigenvalue weighted by atomic mass is 9.99. The smallest absolute Gasteiger partial charge is 0.252 e. The van der Waals surface area contributed by atoms with Gasteiger partial charge in [0.05, 0.1) is 7.11 Å². The molecule has 0 bridgehead atoms. The fourth-order valence-electron chi connectivity index (χ4n) is 3.35. The third-order valence-corrected chi connectivity index (χ3v) is 4.99. The molecular weight excluding hydrogens is 390 g/mol. The molecular formula is C22H28ClN3O3. The van der Waals surface area contributed by atoms with Gasteiger partial charge in [0, 0.05) is 12.1 Å². The van der Waals surface area contributed by atoms with E-state index in [-0.39, 0.29) is 24.2 Å². The Morgan fingerprint density at radius 1 is 1.14 bits per heavy atom. The van der Waals surface area contributed by atoms with Crippen molar-refractivity contribution in [1.29, 1.82) is 0 Å². The third-order valence-electron chi connectivity index (χ3n) is 4.99. The van der Waals surface area contributed by atoms with Gasteiger partial charge in [0.2, 0.25) is 5.91 Å². The lowest BCUT2D eigenvalue weighted by Crippen LogP contribution is -2.44. The summed E-state index contributed by atoms with van der Waals surface area (Å²) in [5.74, 6) is 0.603. The largest absolute Gasteiger partial charge is 0.497 e. The number of methoxy groups -OCH3 is 1. The first-order valence-corrected chi connectivity index (χ1v) is 9.65. The highest BCUT2D eigenvalue weighted by Gasteiger charge is 2.24. The van der Waals surface area contributed by atoms with Gasteiger partial charge in [-0.3, -0.25) is 9.59 Å². The van der Waals surface area contributed by atoms with Gasteiger partial charge in [-0.15, -0.1) is 12.4 Å². The quantitative estimate of drug-likeness (QED) is 0.647. The van der Waals surface area contributed by atoms with E-state index in [1.807, 2.05) is 30.3 Å². The van der Waals surface area contributed by atoms with Crippen LogP contribution in [0.2, 0.25) is 0 Å². The van der Waals surface area contributed by atoms with Gasteiger partial charge in [-0.1, -0.05) is 30.3 Å². The van der Waals surface area contributed by atoms with Crippen LogP contribution in [0.25, 0.3) is 0 Å². The van der Waals surface area contributed by atoms with Gasteiger partial charge in [0.1, 0.15) is 11.8 Å². The first-order chi connectivity index (χ1) is 13.7. The van der Waals surface area contributed by atoms with E-state index in [1.165, 1.54) is 0 Å². The van der Waals surface area contributed by atoms with Crippen LogP contribution < -0.4 is 20.7 Å². The number of benzene rings is 2. The Balaban J connectivity index is 0.00000300. The molecule has 156 valence electrons. The molecule has 0 radical (unpaired) electrons. The normalized spacial score (nSPS) is 16.8. The molecule has 3 rings (SSSR count). The third kappa shape index (κ3) is 6.48. The number of hydrogen-bond acceptors (Lipinski definition) is 4. The second-order valence-electron chi connectivity index (χ2n) is 7.00. The molecule has 1 heterocycles. The number of hydrogen-bond donors (Lipinski definition) is 3. The van der Waals surface area contributed by atoms with Crippen LogP contribution in [0.4, 0.5) is 0 Å². The van der Waals surface area contributed by atoms with Crippen LogP contribution >= 0.6 is 12.4 Å². The average Bonchev–Trinajstić information content (AvgIpc) is 2.77. The van der Waals surface area contributed by atoms with Crippen molar-refractivity contribution in [2.45, 2.75) is 18.9 Å². The molecule has 7 heteroatoms. The van der Waals surface area contributed by atoms with E-state index >= 15 is 0 Å². The second-order valence-corrected chi connectivity index (χ2v) is 7.00. The number of piperidine rings is 1. The summed E-state index contributed by atoms with van der Waals surface area (Å²) in [5, 5.41) is 9.23. The molecule has 1 aliphatic heterocycles. The summed E-state index contributed by atoms with van der Waals surface area (Å²) in [6.07, 6.45) is 2.22. The van der Waals surface area contributed by atoms with E-state index < -0.39 is 6.04 Å². The summed E-state index contributed by atoms with van der Waals surface area (Å²) in [5.41, 5.74) is 1.23. The zero-order chi connectivity index (χ0) is 19.8. The summed E-state index contributed by atoms with van der Waals surface area (Å²) in [6, 6.07) is 15.4. The molecule has 3 N–H and O–H groups in total. The molecule has 2 aromatic carbocycles. The molecule has 0 spiro atoms. The molecule has 2 amide bonds. The maximum absolute atomic E-state index is 12.9. The van der Waals surface area contributed by atoms with Crippen molar-refractivity contribution in [2.24, 2.45) is 5.92 Å². The van der Waals surface area contributed by atoms with Crippen molar-refractivity contribution < 1.29 is 14.3 Å². The average molecular weight is 418 g/mol. The minimum atomic E-state index is -0.743. The molecule has 2 atom stereocenters. The van der Waals surface area contributed by atoms with Gasteiger partial charge in [0.15, 0.2) is 0 Å². The molecule has 2 unspecified atom stereocenters. The maximum Gasteiger partial charge on any atom is 0.252 e. The van der Waals surface area contributed by atoms with Crippen molar-refractivity contribution in [3.05, 3.63) is 65.7 Å². The summed E-state index contributed by atoms with van der Waals surface area (Å²) in [6.45, 7) is 2.55. The fourth-order valence-corrected chi connectivity index (χ4v) is 3.35. The molecule has 2 aromatic rings. The first kappa shape index (κ1) is 22.7. The van der Waals surface area contributed by atoms with E-state index in [4.69, 9.17) is 4.74 Å². The lowest BCUT2D eigenvalue weighted by molar-refractivity contribution is -0.123. The van der Waals surface area contributed by atoms with Crippen molar-refractivity contribution in [3.8, 4) is 5.75 Å². The van der Waals surface area contributed by atoms with Crippen LogP contribution in [0.3, 0.4) is 0 Å². The second kappa shape index (κ2) is 11.4. The van der Waals surface area contributed by atoms with Crippen LogP contribution in [0.15, 0.2) is 54.6 Å². The summed E-state index contributed by atoms with van der Waals surface area (Å²) in [4.78, 5) is 25.6. The highest BCUT2D eigenvalue weighted by Crippen LogP contribution is 2.16. The number of amides is 2. The number of halogens is 1. The highest BCUT2D eigenvalue weighted by molar-refractivity contribution is 5.98. The van der Waals surface area contributed by atoms with Crippen molar-refractivity contribution in [1.82, 2.24) is 16.0 Å². The maximum atomic E-state index is 12.9. The molecule has 1 fully saturated rings. The number of nitrogens with one attached hydrogen (secondary N) is 3. The van der Waals surface area contributed by atoms with Crippen LogP contribution in [0.5, 0.6) is 5.75 Å². The Morgan fingerprint density at radius 2 is 1.86 bits per heavy atom. The fraction of sp³-hybridized carbons (Fsp3) is 0.364. The van der Waals surface area contributed by atoms with Gasteiger partial charge in [0.25, 0.3) is 5.91 Å². The monoisotopic (exact) mass is 417 g/mol. The Hall–Kier alpha value is -2.57. The minimum Gasteiger partial charge on any atom is -0.497 e. The summed E-state index contributed by atoms with van der Waals surface area (Å²) in [7, 11) is 1.58. The predicted octanol–water partition coefficient (Wildman–Crippen LogP) is 2.70. The predicted molar refractivity (Wildman–Crippen MR) is 115 cm³/mol. The van der Waals surface area contributed by atoms with E-state index in [9.17, 15) is 9.59 Å². The minimum absolute atomic E-state index is 0. The van der Waals surface area contributed by atoms with E-state index in [1.54, 1.807) is 31.4 Å². The molecule has 6 nitrogen and oxygen atoms in total. The van der Waals surface area contributed by atoms with Gasteiger partial charge in [-0.2, -0.15) is 0 Å². The van der Waals surface area contributed by atoms with E-state index in [0.717, 1.165) is 31.5 Å². The van der Waals surface area contributed by atoms with Crippen molar-refractivity contribution in [2.75, 3.05) is 26.7 Å².